The second-order valence-electron chi connectivity index (χ2n) is 15.6. The molecule has 0 saturated carbocycles. The zero-order chi connectivity index (χ0) is 35.7. The maximum atomic E-state index is 4.10. The molecule has 1 heteroatoms. The van der Waals surface area contributed by atoms with Gasteiger partial charge in [0.1, 0.15) is 8.07 Å². The summed E-state index contributed by atoms with van der Waals surface area (Å²) in [7, 11) is -2.01. The number of benzene rings is 9. The van der Waals surface area contributed by atoms with E-state index >= 15 is 0 Å². The fourth-order valence-electron chi connectivity index (χ4n) is 9.45. The second kappa shape index (κ2) is 12.3. The Morgan fingerprint density at radius 1 is 0.365 bits per heavy atom. The minimum atomic E-state index is -2.01. The van der Waals surface area contributed by atoms with Gasteiger partial charge in [-0.2, -0.15) is 0 Å². The van der Waals surface area contributed by atoms with Crippen LogP contribution in [-0.2, 0) is 0 Å². The van der Waals surface area contributed by atoms with Crippen molar-refractivity contribution in [3.63, 3.8) is 0 Å². The van der Waals surface area contributed by atoms with Crippen molar-refractivity contribution in [2.24, 2.45) is 0 Å². The third-order valence-electron chi connectivity index (χ3n) is 12.0. The molecule has 0 amide bonds. The van der Waals surface area contributed by atoms with Crippen LogP contribution in [0.2, 0.25) is 16.6 Å². The lowest BCUT2D eigenvalue weighted by Crippen LogP contribution is -2.43. The Kier molecular flexibility index (Phi) is 7.62. The van der Waals surface area contributed by atoms with Crippen LogP contribution in [0.3, 0.4) is 0 Å². The van der Waals surface area contributed by atoms with Crippen molar-refractivity contribution in [1.82, 2.24) is 0 Å². The lowest BCUT2D eigenvalue weighted by atomic mass is 9.88. The quantitative estimate of drug-likeness (QED) is 0.0753. The molecule has 0 N–H and O–H groups in total. The van der Waals surface area contributed by atoms with Gasteiger partial charge in [-0.05, 0) is 122 Å². The molecule has 0 atom stereocenters. The molecule has 0 aliphatic heterocycles. The van der Waals surface area contributed by atoms with Crippen molar-refractivity contribution in [2.45, 2.75) is 58.2 Å². The highest BCUT2D eigenvalue weighted by Crippen LogP contribution is 2.42. The molecule has 0 nitrogen and oxygen atoms in total. The van der Waals surface area contributed by atoms with E-state index in [0.717, 1.165) is 16.7 Å². The second-order valence-corrected chi connectivity index (χ2v) is 21.2. The predicted octanol–water partition coefficient (Wildman–Crippen LogP) is 14.2. The highest BCUT2D eigenvalue weighted by Gasteiger charge is 2.41. The molecule has 0 radical (unpaired) electrons. The van der Waals surface area contributed by atoms with E-state index in [1.54, 1.807) is 0 Å². The Hall–Kier alpha value is -5.60. The summed E-state index contributed by atoms with van der Waals surface area (Å²) in [6.45, 7) is 14.4. The fourth-order valence-corrected chi connectivity index (χ4v) is 14.7. The van der Waals surface area contributed by atoms with Crippen molar-refractivity contribution in [3.8, 4) is 23.3 Å². The highest BCUT2D eigenvalue weighted by atomic mass is 28.3. The molecule has 0 aliphatic rings. The summed E-state index contributed by atoms with van der Waals surface area (Å²) in [5.41, 5.74) is 9.01. The molecule has 9 aromatic rings. The van der Waals surface area contributed by atoms with Gasteiger partial charge < -0.3 is 0 Å². The summed E-state index contributed by atoms with van der Waals surface area (Å²) in [4.78, 5) is 0. The van der Waals surface area contributed by atoms with Crippen LogP contribution in [0, 0.1) is 23.3 Å². The highest BCUT2D eigenvalue weighted by molar-refractivity contribution is 6.90. The third kappa shape index (κ3) is 4.92. The average molecular weight is 683 g/mol. The van der Waals surface area contributed by atoms with E-state index in [-0.39, 0.29) is 0 Å². The molecule has 0 fully saturated rings. The van der Waals surface area contributed by atoms with E-state index in [4.69, 9.17) is 0 Å². The monoisotopic (exact) mass is 682 g/mol. The molecule has 250 valence electrons. The molecule has 9 aromatic carbocycles. The van der Waals surface area contributed by atoms with E-state index in [0.29, 0.717) is 16.6 Å². The minimum absolute atomic E-state index is 0.551. The van der Waals surface area contributed by atoms with Gasteiger partial charge in [0.15, 0.2) is 0 Å². The maximum absolute atomic E-state index is 4.10. The Morgan fingerprint density at radius 2 is 0.769 bits per heavy atom. The summed E-state index contributed by atoms with van der Waals surface area (Å²) in [6.07, 6.45) is 0. The van der Waals surface area contributed by atoms with Gasteiger partial charge in [-0.15, -0.1) is 5.54 Å². The standard InChI is InChI=1S/C51H42Si/c1-32(2)52(33(3)4,34(5)6)27-26-45-48-30-41-14-9-7-12-39(41)28-46(48)44(47-29-40-13-8-10-15-42(40)31-49(45)47)25-22-35-18-19-38-21-20-36-16-11-17-37-23-24-43(35)51(38)50(36)37/h7-21,23-24,28-34H,1-6H3. The Labute approximate surface area is 307 Å². The number of hydrogen-bond acceptors (Lipinski definition) is 0. The lowest BCUT2D eigenvalue weighted by molar-refractivity contribution is 0.838. The lowest BCUT2D eigenvalue weighted by Gasteiger charge is -2.38. The molecule has 0 unspecified atom stereocenters. The Balaban J connectivity index is 1.40. The van der Waals surface area contributed by atoms with E-state index in [9.17, 15) is 0 Å². The zero-order valence-electron chi connectivity index (χ0n) is 30.9. The maximum Gasteiger partial charge on any atom is 0.146 e. The molecule has 0 aliphatic carbocycles. The van der Waals surface area contributed by atoms with Crippen LogP contribution >= 0.6 is 0 Å². The van der Waals surface area contributed by atoms with Crippen LogP contribution < -0.4 is 0 Å². The van der Waals surface area contributed by atoms with E-state index in [1.165, 1.54) is 75.4 Å². The first-order valence-corrected chi connectivity index (χ1v) is 21.0. The summed E-state index contributed by atoms with van der Waals surface area (Å²) in [5, 5.41) is 17.2. The molecule has 0 spiro atoms. The van der Waals surface area contributed by atoms with Gasteiger partial charge in [-0.3, -0.25) is 0 Å². The molecule has 0 bridgehead atoms. The summed E-state index contributed by atoms with van der Waals surface area (Å²) in [5.74, 6) is 11.5. The van der Waals surface area contributed by atoms with Gasteiger partial charge in [-0.25, -0.2) is 0 Å². The Morgan fingerprint density at radius 3 is 1.25 bits per heavy atom. The van der Waals surface area contributed by atoms with Crippen molar-refractivity contribution in [3.05, 3.63) is 144 Å². The van der Waals surface area contributed by atoms with Gasteiger partial charge in [0, 0.05) is 16.7 Å². The van der Waals surface area contributed by atoms with Crippen molar-refractivity contribution in [1.29, 1.82) is 0 Å². The van der Waals surface area contributed by atoms with Crippen molar-refractivity contribution >= 4 is 83.5 Å². The van der Waals surface area contributed by atoms with Gasteiger partial charge in [0.25, 0.3) is 0 Å². The number of rotatable bonds is 3. The molecule has 52 heavy (non-hydrogen) atoms. The zero-order valence-corrected chi connectivity index (χ0v) is 31.9. The Bertz CT molecular complexity index is 2870. The fraction of sp³-hybridized carbons (Fsp3) is 0.176. The normalized spacial score (nSPS) is 12.2. The van der Waals surface area contributed by atoms with E-state index in [2.05, 4.69) is 192 Å². The van der Waals surface area contributed by atoms with Gasteiger partial charge >= 0.3 is 0 Å². The first kappa shape index (κ1) is 32.3. The first-order valence-electron chi connectivity index (χ1n) is 18.8. The largest absolute Gasteiger partial charge is 0.146 e. The molecule has 0 heterocycles. The molecular formula is C51H42Si. The van der Waals surface area contributed by atoms with Crippen LogP contribution in [0.15, 0.2) is 127 Å². The van der Waals surface area contributed by atoms with Gasteiger partial charge in [-0.1, -0.05) is 156 Å². The summed E-state index contributed by atoms with van der Waals surface area (Å²) in [6, 6.07) is 46.9. The number of fused-ring (bicyclic) bond motifs is 4. The molecule has 0 aromatic heterocycles. The first-order chi connectivity index (χ1) is 25.2. The van der Waals surface area contributed by atoms with Crippen LogP contribution in [0.5, 0.6) is 0 Å². The van der Waals surface area contributed by atoms with Crippen molar-refractivity contribution < 1.29 is 0 Å². The summed E-state index contributed by atoms with van der Waals surface area (Å²) >= 11 is 0. The molecule has 9 rings (SSSR count). The van der Waals surface area contributed by atoms with Crippen LogP contribution in [0.25, 0.3) is 75.4 Å². The van der Waals surface area contributed by atoms with Crippen LogP contribution in [0.4, 0.5) is 0 Å². The molecular weight excluding hydrogens is 641 g/mol. The van der Waals surface area contributed by atoms with E-state index < -0.39 is 8.07 Å². The van der Waals surface area contributed by atoms with Crippen LogP contribution in [0.1, 0.15) is 58.2 Å². The predicted molar refractivity (Wildman–Crippen MR) is 231 cm³/mol. The van der Waals surface area contributed by atoms with Crippen LogP contribution in [-0.4, -0.2) is 8.07 Å². The smallest absolute Gasteiger partial charge is 0.125 e. The SMILES string of the molecule is CC(C)[Si](C#Cc1c2cc3ccccc3cc2c(C#Cc2ccc3ccc4cccc5ccc2c3c45)c2cc3ccccc3cc12)(C(C)C)C(C)C. The third-order valence-corrected chi connectivity index (χ3v) is 18.3. The minimum Gasteiger partial charge on any atom is -0.125 e. The van der Waals surface area contributed by atoms with Gasteiger partial charge in [0.2, 0.25) is 0 Å². The number of hydrogen-bond donors (Lipinski definition) is 0. The average Bonchev–Trinajstić information content (AvgIpc) is 3.15. The summed E-state index contributed by atoms with van der Waals surface area (Å²) < 4.78 is 0. The molecule has 0 saturated heterocycles. The van der Waals surface area contributed by atoms with Crippen molar-refractivity contribution in [2.75, 3.05) is 0 Å². The van der Waals surface area contributed by atoms with Gasteiger partial charge in [0.05, 0.1) is 0 Å². The topological polar surface area (TPSA) is 0 Å². The van der Waals surface area contributed by atoms with E-state index in [1.807, 2.05) is 0 Å².